The summed E-state index contributed by atoms with van der Waals surface area (Å²) in [6, 6.07) is 13.8. The Kier molecular flexibility index (Phi) is 4.09. The standard InChI is InChI=1S/C18H20N2O2/c1-13-9-10-16(17(21)19-13)18(22)20-11-5-8-15(20)12-14-6-3-2-4-7-14/h2-4,6-7,9-10,15H,5,8,11-12H2,1H3,(H,19,21). The van der Waals surface area contributed by atoms with Gasteiger partial charge in [0.2, 0.25) is 0 Å². The Hall–Kier alpha value is -2.36. The Morgan fingerprint density at radius 2 is 2.00 bits per heavy atom. The molecule has 1 aliphatic heterocycles. The summed E-state index contributed by atoms with van der Waals surface area (Å²) in [6.45, 7) is 2.54. The van der Waals surface area contributed by atoms with Gasteiger partial charge in [0.05, 0.1) is 0 Å². The van der Waals surface area contributed by atoms with Crippen molar-refractivity contribution in [2.24, 2.45) is 0 Å². The average Bonchev–Trinajstić information content (AvgIpc) is 2.96. The van der Waals surface area contributed by atoms with Crippen molar-refractivity contribution in [1.29, 1.82) is 0 Å². The minimum absolute atomic E-state index is 0.153. The third kappa shape index (κ3) is 2.96. The number of likely N-dealkylation sites (tertiary alicyclic amines) is 1. The molecule has 22 heavy (non-hydrogen) atoms. The van der Waals surface area contributed by atoms with Gasteiger partial charge in [-0.15, -0.1) is 0 Å². The predicted octanol–water partition coefficient (Wildman–Crippen LogP) is 2.53. The number of carbonyl (C=O) groups is 1. The predicted molar refractivity (Wildman–Crippen MR) is 86.0 cm³/mol. The van der Waals surface area contributed by atoms with Crippen LogP contribution in [0, 0.1) is 6.92 Å². The molecule has 1 aliphatic rings. The van der Waals surface area contributed by atoms with Crippen molar-refractivity contribution < 1.29 is 4.79 Å². The van der Waals surface area contributed by atoms with Gasteiger partial charge in [-0.2, -0.15) is 0 Å². The van der Waals surface area contributed by atoms with Gasteiger partial charge in [-0.05, 0) is 43.9 Å². The van der Waals surface area contributed by atoms with E-state index < -0.39 is 0 Å². The molecule has 1 atom stereocenters. The van der Waals surface area contributed by atoms with Crippen molar-refractivity contribution in [2.75, 3.05) is 6.54 Å². The molecule has 1 saturated heterocycles. The number of carbonyl (C=O) groups excluding carboxylic acids is 1. The van der Waals surface area contributed by atoms with Crippen LogP contribution in [0.3, 0.4) is 0 Å². The number of hydrogen-bond donors (Lipinski definition) is 1. The molecule has 1 N–H and O–H groups in total. The largest absolute Gasteiger partial charge is 0.335 e. The highest BCUT2D eigenvalue weighted by Gasteiger charge is 2.30. The molecule has 0 radical (unpaired) electrons. The molecule has 0 bridgehead atoms. The molecule has 3 rings (SSSR count). The number of aryl methyl sites for hydroxylation is 1. The van der Waals surface area contributed by atoms with Crippen LogP contribution in [0.2, 0.25) is 0 Å². The first-order valence-electron chi connectivity index (χ1n) is 7.70. The van der Waals surface area contributed by atoms with Gasteiger partial charge in [0.1, 0.15) is 5.56 Å². The Morgan fingerprint density at radius 3 is 2.73 bits per heavy atom. The van der Waals surface area contributed by atoms with Gasteiger partial charge < -0.3 is 9.88 Å². The molecule has 1 fully saturated rings. The molecule has 1 unspecified atom stereocenters. The summed E-state index contributed by atoms with van der Waals surface area (Å²) in [5.74, 6) is -0.153. The number of nitrogens with zero attached hydrogens (tertiary/aromatic N) is 1. The van der Waals surface area contributed by atoms with Crippen LogP contribution in [0.25, 0.3) is 0 Å². The van der Waals surface area contributed by atoms with Crippen molar-refractivity contribution in [3.05, 3.63) is 69.6 Å². The van der Waals surface area contributed by atoms with Crippen LogP contribution < -0.4 is 5.56 Å². The molecule has 4 heteroatoms. The average molecular weight is 296 g/mol. The van der Waals surface area contributed by atoms with Crippen LogP contribution in [0.15, 0.2) is 47.3 Å². The number of hydrogen-bond acceptors (Lipinski definition) is 2. The molecular formula is C18H20N2O2. The van der Waals surface area contributed by atoms with Crippen molar-refractivity contribution in [3.8, 4) is 0 Å². The Bertz CT molecular complexity index is 721. The summed E-state index contributed by atoms with van der Waals surface area (Å²) in [6.07, 6.45) is 2.83. The number of rotatable bonds is 3. The van der Waals surface area contributed by atoms with E-state index in [2.05, 4.69) is 17.1 Å². The van der Waals surface area contributed by atoms with Crippen LogP contribution in [0.4, 0.5) is 0 Å². The molecule has 0 saturated carbocycles. The lowest BCUT2D eigenvalue weighted by atomic mass is 10.0. The molecule has 4 nitrogen and oxygen atoms in total. The van der Waals surface area contributed by atoms with Crippen molar-refractivity contribution >= 4 is 5.91 Å². The maximum Gasteiger partial charge on any atom is 0.260 e. The van der Waals surface area contributed by atoms with E-state index in [0.717, 1.165) is 31.5 Å². The lowest BCUT2D eigenvalue weighted by Gasteiger charge is -2.24. The SMILES string of the molecule is Cc1ccc(C(=O)N2CCCC2Cc2ccccc2)c(=O)[nH]1. The third-order valence-electron chi connectivity index (χ3n) is 4.24. The zero-order chi connectivity index (χ0) is 15.5. The van der Waals surface area contributed by atoms with Gasteiger partial charge in [-0.3, -0.25) is 9.59 Å². The Morgan fingerprint density at radius 1 is 1.23 bits per heavy atom. The van der Waals surface area contributed by atoms with Gasteiger partial charge in [0.15, 0.2) is 0 Å². The second-order valence-corrected chi connectivity index (χ2v) is 5.87. The highest BCUT2D eigenvalue weighted by atomic mass is 16.2. The van der Waals surface area contributed by atoms with Crippen LogP contribution >= 0.6 is 0 Å². The fraction of sp³-hybridized carbons (Fsp3) is 0.333. The number of pyridine rings is 1. The molecule has 0 aliphatic carbocycles. The Labute approximate surface area is 129 Å². The molecule has 2 aromatic rings. The van der Waals surface area contributed by atoms with E-state index in [1.54, 1.807) is 12.1 Å². The van der Waals surface area contributed by atoms with Crippen molar-refractivity contribution in [1.82, 2.24) is 9.88 Å². The van der Waals surface area contributed by atoms with Crippen molar-refractivity contribution in [3.63, 3.8) is 0 Å². The minimum atomic E-state index is -0.296. The molecule has 2 heterocycles. The fourth-order valence-corrected chi connectivity index (χ4v) is 3.10. The molecular weight excluding hydrogens is 276 g/mol. The summed E-state index contributed by atoms with van der Waals surface area (Å²) in [5, 5.41) is 0. The zero-order valence-electron chi connectivity index (χ0n) is 12.7. The van der Waals surface area contributed by atoms with E-state index >= 15 is 0 Å². The van der Waals surface area contributed by atoms with E-state index in [0.29, 0.717) is 0 Å². The smallest absolute Gasteiger partial charge is 0.260 e. The number of aromatic nitrogens is 1. The quantitative estimate of drug-likeness (QED) is 0.946. The summed E-state index contributed by atoms with van der Waals surface area (Å²) < 4.78 is 0. The van der Waals surface area contributed by atoms with E-state index in [4.69, 9.17) is 0 Å². The first-order valence-corrected chi connectivity index (χ1v) is 7.70. The summed E-state index contributed by atoms with van der Waals surface area (Å²) in [4.78, 5) is 29.2. The first-order chi connectivity index (χ1) is 10.6. The number of nitrogens with one attached hydrogen (secondary N) is 1. The van der Waals surface area contributed by atoms with Crippen LogP contribution in [0.1, 0.15) is 34.5 Å². The van der Waals surface area contributed by atoms with Gasteiger partial charge in [0.25, 0.3) is 11.5 Å². The summed E-state index contributed by atoms with van der Waals surface area (Å²) >= 11 is 0. The normalized spacial score (nSPS) is 17.7. The van der Waals surface area contributed by atoms with E-state index in [-0.39, 0.29) is 23.1 Å². The highest BCUT2D eigenvalue weighted by molar-refractivity contribution is 5.94. The van der Waals surface area contributed by atoms with Crippen LogP contribution in [-0.4, -0.2) is 28.4 Å². The number of benzene rings is 1. The minimum Gasteiger partial charge on any atom is -0.335 e. The van der Waals surface area contributed by atoms with Gasteiger partial charge in [-0.1, -0.05) is 30.3 Å². The zero-order valence-corrected chi connectivity index (χ0v) is 12.7. The van der Waals surface area contributed by atoms with Crippen LogP contribution in [0.5, 0.6) is 0 Å². The number of H-pyrrole nitrogens is 1. The third-order valence-corrected chi connectivity index (χ3v) is 4.24. The maximum absolute atomic E-state index is 12.7. The van der Waals surface area contributed by atoms with Gasteiger partial charge in [-0.25, -0.2) is 0 Å². The van der Waals surface area contributed by atoms with Gasteiger partial charge in [0, 0.05) is 18.3 Å². The Balaban J connectivity index is 1.80. The van der Waals surface area contributed by atoms with E-state index in [1.165, 1.54) is 5.56 Å². The number of aromatic amines is 1. The molecule has 114 valence electrons. The highest BCUT2D eigenvalue weighted by Crippen LogP contribution is 2.22. The summed E-state index contributed by atoms with van der Waals surface area (Å²) in [5.41, 5.74) is 1.94. The second kappa shape index (κ2) is 6.18. The second-order valence-electron chi connectivity index (χ2n) is 5.87. The molecule has 0 spiro atoms. The number of amides is 1. The topological polar surface area (TPSA) is 53.2 Å². The fourth-order valence-electron chi connectivity index (χ4n) is 3.10. The van der Waals surface area contributed by atoms with Gasteiger partial charge >= 0.3 is 0 Å². The molecule has 1 amide bonds. The lowest BCUT2D eigenvalue weighted by Crippen LogP contribution is -2.39. The first kappa shape index (κ1) is 14.6. The van der Waals surface area contributed by atoms with E-state index in [1.807, 2.05) is 30.0 Å². The van der Waals surface area contributed by atoms with Crippen molar-refractivity contribution in [2.45, 2.75) is 32.2 Å². The van der Waals surface area contributed by atoms with Crippen LogP contribution in [-0.2, 0) is 6.42 Å². The van der Waals surface area contributed by atoms with E-state index in [9.17, 15) is 9.59 Å². The lowest BCUT2D eigenvalue weighted by molar-refractivity contribution is 0.0734. The maximum atomic E-state index is 12.7. The molecule has 1 aromatic carbocycles. The summed E-state index contributed by atoms with van der Waals surface area (Å²) in [7, 11) is 0. The monoisotopic (exact) mass is 296 g/mol. The molecule has 1 aromatic heterocycles.